The van der Waals surface area contributed by atoms with Crippen molar-refractivity contribution < 1.29 is 14.2 Å². The third kappa shape index (κ3) is 6.51. The molecule has 1 aromatic carbocycles. The third-order valence-electron chi connectivity index (χ3n) is 2.08. The monoisotopic (exact) mass is 268 g/mol. The van der Waals surface area contributed by atoms with Gasteiger partial charge in [-0.2, -0.15) is 0 Å². The molecule has 0 fully saturated rings. The molecule has 0 heterocycles. The van der Waals surface area contributed by atoms with Gasteiger partial charge in [0.15, 0.2) is 0 Å². The van der Waals surface area contributed by atoms with Gasteiger partial charge in [0.1, 0.15) is 12.4 Å². The van der Waals surface area contributed by atoms with E-state index < -0.39 is 0 Å². The minimum Gasteiger partial charge on any atom is -0.491 e. The quantitative estimate of drug-likeness (QED) is 0.432. The van der Waals surface area contributed by atoms with E-state index in [1.165, 1.54) is 0 Å². The highest BCUT2D eigenvalue weighted by Crippen LogP contribution is 2.11. The van der Waals surface area contributed by atoms with Gasteiger partial charge in [0.05, 0.1) is 25.7 Å². The average molecular weight is 269 g/mol. The van der Waals surface area contributed by atoms with Crippen LogP contribution in [0, 0.1) is 11.8 Å². The van der Waals surface area contributed by atoms with E-state index in [4.69, 9.17) is 25.8 Å². The zero-order chi connectivity index (χ0) is 13.1. The van der Waals surface area contributed by atoms with Crippen LogP contribution >= 0.6 is 11.6 Å². The molecular weight excluding hydrogens is 252 g/mol. The Hall–Kier alpha value is -1.21. The summed E-state index contributed by atoms with van der Waals surface area (Å²) in [5, 5.41) is 0. The lowest BCUT2D eigenvalue weighted by molar-refractivity contribution is 0.0544. The molecule has 18 heavy (non-hydrogen) atoms. The average Bonchev–Trinajstić information content (AvgIpc) is 2.42. The first-order valence-electron chi connectivity index (χ1n) is 5.71. The zero-order valence-corrected chi connectivity index (χ0v) is 11.2. The van der Waals surface area contributed by atoms with Crippen LogP contribution in [-0.4, -0.2) is 39.4 Å². The van der Waals surface area contributed by atoms with Gasteiger partial charge in [-0.15, -0.1) is 11.6 Å². The second-order valence-corrected chi connectivity index (χ2v) is 3.68. The van der Waals surface area contributed by atoms with Gasteiger partial charge < -0.3 is 14.2 Å². The Labute approximate surface area is 113 Å². The number of alkyl halides is 1. The van der Waals surface area contributed by atoms with Crippen molar-refractivity contribution in [3.8, 4) is 17.6 Å². The molecule has 1 rings (SSSR count). The number of methoxy groups -OCH3 is 1. The molecule has 0 aromatic heterocycles. The summed E-state index contributed by atoms with van der Waals surface area (Å²) < 4.78 is 15.7. The van der Waals surface area contributed by atoms with E-state index >= 15 is 0 Å². The Morgan fingerprint density at radius 1 is 1.06 bits per heavy atom. The fourth-order valence-corrected chi connectivity index (χ4v) is 1.30. The molecule has 0 radical (unpaired) electrons. The predicted octanol–water partition coefficient (Wildman–Crippen LogP) is 2.32. The van der Waals surface area contributed by atoms with Crippen LogP contribution in [0.3, 0.4) is 0 Å². The fraction of sp³-hybridized carbons (Fsp3) is 0.429. The molecule has 0 aliphatic rings. The van der Waals surface area contributed by atoms with Crippen molar-refractivity contribution in [2.45, 2.75) is 0 Å². The van der Waals surface area contributed by atoms with Crippen molar-refractivity contribution in [1.29, 1.82) is 0 Å². The van der Waals surface area contributed by atoms with Gasteiger partial charge in [0.2, 0.25) is 0 Å². The minimum absolute atomic E-state index is 0.344. The molecule has 0 bridgehead atoms. The molecule has 0 saturated carbocycles. The first kappa shape index (κ1) is 14.8. The summed E-state index contributed by atoms with van der Waals surface area (Å²) in [5.74, 6) is 6.89. The summed E-state index contributed by atoms with van der Waals surface area (Å²) in [6.45, 7) is 2.27. The van der Waals surface area contributed by atoms with Crippen LogP contribution in [0.25, 0.3) is 0 Å². The van der Waals surface area contributed by atoms with E-state index in [1.807, 2.05) is 24.3 Å². The molecule has 98 valence electrons. The van der Waals surface area contributed by atoms with E-state index in [0.29, 0.717) is 32.3 Å². The van der Waals surface area contributed by atoms with E-state index in [-0.39, 0.29) is 0 Å². The minimum atomic E-state index is 0.344. The van der Waals surface area contributed by atoms with Crippen molar-refractivity contribution in [1.82, 2.24) is 0 Å². The van der Waals surface area contributed by atoms with Crippen LogP contribution < -0.4 is 4.74 Å². The second kappa shape index (κ2) is 9.78. The van der Waals surface area contributed by atoms with Gasteiger partial charge in [-0.25, -0.2) is 0 Å². The standard InChI is InChI=1S/C14H17ClO3/c1-16-9-10-17-11-12-18-14-6-4-13(5-7-14)3-2-8-15/h4-7H,8-12H2,1H3. The number of rotatable bonds is 7. The van der Waals surface area contributed by atoms with Gasteiger partial charge in [-0.3, -0.25) is 0 Å². The summed E-state index contributed by atoms with van der Waals surface area (Å²) in [6, 6.07) is 7.57. The van der Waals surface area contributed by atoms with E-state index in [2.05, 4.69) is 11.8 Å². The lowest BCUT2D eigenvalue weighted by Crippen LogP contribution is -2.09. The van der Waals surface area contributed by atoms with Crippen molar-refractivity contribution in [3.63, 3.8) is 0 Å². The predicted molar refractivity (Wildman–Crippen MR) is 72.2 cm³/mol. The van der Waals surface area contributed by atoms with Crippen LogP contribution in [-0.2, 0) is 9.47 Å². The highest BCUT2D eigenvalue weighted by Gasteiger charge is 1.94. The maximum atomic E-state index is 5.51. The summed E-state index contributed by atoms with van der Waals surface area (Å²) in [5.41, 5.74) is 0.930. The van der Waals surface area contributed by atoms with Crippen LogP contribution in [0.1, 0.15) is 5.56 Å². The third-order valence-corrected chi connectivity index (χ3v) is 2.22. The molecule has 0 N–H and O–H groups in total. The summed E-state index contributed by atoms with van der Waals surface area (Å²) in [7, 11) is 1.65. The van der Waals surface area contributed by atoms with Gasteiger partial charge in [-0.05, 0) is 24.3 Å². The first-order valence-corrected chi connectivity index (χ1v) is 6.24. The maximum absolute atomic E-state index is 5.51. The molecule has 0 spiro atoms. The molecule has 0 aliphatic carbocycles. The van der Waals surface area contributed by atoms with Crippen molar-refractivity contribution in [2.75, 3.05) is 39.4 Å². The summed E-state index contributed by atoms with van der Waals surface area (Å²) >= 11 is 5.48. The van der Waals surface area contributed by atoms with Crippen LogP contribution in [0.4, 0.5) is 0 Å². The van der Waals surface area contributed by atoms with Crippen molar-refractivity contribution in [2.24, 2.45) is 0 Å². The zero-order valence-electron chi connectivity index (χ0n) is 10.4. The smallest absolute Gasteiger partial charge is 0.119 e. The molecule has 1 aromatic rings. The van der Waals surface area contributed by atoms with Crippen molar-refractivity contribution in [3.05, 3.63) is 29.8 Å². The van der Waals surface area contributed by atoms with Crippen LogP contribution in [0.2, 0.25) is 0 Å². The Morgan fingerprint density at radius 3 is 2.44 bits per heavy atom. The molecule has 4 heteroatoms. The Bertz CT molecular complexity index is 378. The Morgan fingerprint density at radius 2 is 1.78 bits per heavy atom. The molecule has 3 nitrogen and oxygen atoms in total. The second-order valence-electron chi connectivity index (χ2n) is 3.41. The molecule has 0 saturated heterocycles. The normalized spacial score (nSPS) is 9.67. The number of ether oxygens (including phenoxy) is 3. The lowest BCUT2D eigenvalue weighted by atomic mass is 10.2. The van der Waals surface area contributed by atoms with E-state index in [1.54, 1.807) is 7.11 Å². The van der Waals surface area contributed by atoms with Crippen LogP contribution in [0.5, 0.6) is 5.75 Å². The lowest BCUT2D eigenvalue weighted by Gasteiger charge is -2.06. The van der Waals surface area contributed by atoms with E-state index in [9.17, 15) is 0 Å². The highest BCUT2D eigenvalue weighted by molar-refractivity contribution is 6.19. The summed E-state index contributed by atoms with van der Waals surface area (Å²) in [6.07, 6.45) is 0. The number of halogens is 1. The van der Waals surface area contributed by atoms with Crippen molar-refractivity contribution >= 4 is 11.6 Å². The highest BCUT2D eigenvalue weighted by atomic mass is 35.5. The SMILES string of the molecule is COCCOCCOc1ccc(C#CCCl)cc1. The largest absolute Gasteiger partial charge is 0.491 e. The maximum Gasteiger partial charge on any atom is 0.119 e. The fourth-order valence-electron chi connectivity index (χ4n) is 1.23. The number of hydrogen-bond donors (Lipinski definition) is 0. The van der Waals surface area contributed by atoms with Gasteiger partial charge in [0, 0.05) is 12.7 Å². The van der Waals surface area contributed by atoms with Gasteiger partial charge in [0.25, 0.3) is 0 Å². The molecule has 0 unspecified atom stereocenters. The van der Waals surface area contributed by atoms with Gasteiger partial charge in [-0.1, -0.05) is 11.8 Å². The topological polar surface area (TPSA) is 27.7 Å². The van der Waals surface area contributed by atoms with E-state index in [0.717, 1.165) is 11.3 Å². The molecule has 0 amide bonds. The van der Waals surface area contributed by atoms with Crippen LogP contribution in [0.15, 0.2) is 24.3 Å². The van der Waals surface area contributed by atoms with Gasteiger partial charge >= 0.3 is 0 Å². The molecular formula is C14H17ClO3. The Balaban J connectivity index is 2.22. The molecule has 0 aliphatic heterocycles. The number of benzene rings is 1. The number of hydrogen-bond acceptors (Lipinski definition) is 3. The summed E-state index contributed by atoms with van der Waals surface area (Å²) in [4.78, 5) is 0. The Kier molecular flexibility index (Phi) is 8.07. The molecule has 0 atom stereocenters. The first-order chi connectivity index (χ1) is 8.86.